The topological polar surface area (TPSA) is 56.7 Å². The highest BCUT2D eigenvalue weighted by molar-refractivity contribution is 9.10. The third kappa shape index (κ3) is 2.47. The molecule has 2 heterocycles. The molecule has 0 radical (unpaired) electrons. The highest BCUT2D eigenvalue weighted by Crippen LogP contribution is 2.27. The lowest BCUT2D eigenvalue weighted by molar-refractivity contribution is 0.558. The van der Waals surface area contributed by atoms with Crippen molar-refractivity contribution in [1.29, 1.82) is 0 Å². The molecule has 18 heavy (non-hydrogen) atoms. The number of aryl methyl sites for hydroxylation is 2. The van der Waals surface area contributed by atoms with Crippen LogP contribution in [0.3, 0.4) is 0 Å². The molecule has 0 bridgehead atoms. The van der Waals surface area contributed by atoms with Crippen LogP contribution in [0.4, 0.5) is 0 Å². The molecule has 0 spiro atoms. The van der Waals surface area contributed by atoms with Crippen molar-refractivity contribution in [2.24, 2.45) is 5.73 Å². The molecule has 0 aliphatic rings. The van der Waals surface area contributed by atoms with E-state index in [0.717, 1.165) is 34.4 Å². The lowest BCUT2D eigenvalue weighted by atomic mass is 10.0. The van der Waals surface area contributed by atoms with Crippen LogP contribution in [0.5, 0.6) is 0 Å². The quantitative estimate of drug-likeness (QED) is 0.945. The summed E-state index contributed by atoms with van der Waals surface area (Å²) in [7, 11) is 0. The van der Waals surface area contributed by atoms with Crippen molar-refractivity contribution >= 4 is 15.9 Å². The fourth-order valence-electron chi connectivity index (χ4n) is 2.04. The molecule has 2 aromatic heterocycles. The molecule has 0 saturated carbocycles. The van der Waals surface area contributed by atoms with Crippen LogP contribution in [0.25, 0.3) is 0 Å². The lowest BCUT2D eigenvalue weighted by Gasteiger charge is -2.16. The minimum Gasteiger partial charge on any atom is -0.319 e. The van der Waals surface area contributed by atoms with Crippen LogP contribution < -0.4 is 5.73 Å². The molecule has 1 atom stereocenters. The normalized spacial score (nSPS) is 12.7. The molecule has 0 saturated heterocycles. The monoisotopic (exact) mass is 308 g/mol. The SMILES string of the molecule is CCCn1ncc(Br)c1C(N)c1cccnc1C. The zero-order valence-corrected chi connectivity index (χ0v) is 12.2. The second-order valence-corrected chi connectivity index (χ2v) is 5.11. The summed E-state index contributed by atoms with van der Waals surface area (Å²) in [5.74, 6) is 0. The predicted octanol–water partition coefficient (Wildman–Crippen LogP) is 2.81. The Hall–Kier alpha value is -1.20. The van der Waals surface area contributed by atoms with Gasteiger partial charge in [0.1, 0.15) is 0 Å². The summed E-state index contributed by atoms with van der Waals surface area (Å²) in [4.78, 5) is 4.29. The number of nitrogens with zero attached hydrogens (tertiary/aromatic N) is 3. The van der Waals surface area contributed by atoms with Gasteiger partial charge in [-0.25, -0.2) is 0 Å². The fraction of sp³-hybridized carbons (Fsp3) is 0.385. The van der Waals surface area contributed by atoms with E-state index in [2.05, 4.69) is 32.9 Å². The first-order valence-electron chi connectivity index (χ1n) is 6.03. The molecule has 2 rings (SSSR count). The van der Waals surface area contributed by atoms with E-state index < -0.39 is 0 Å². The summed E-state index contributed by atoms with van der Waals surface area (Å²) in [6.45, 7) is 4.97. The maximum absolute atomic E-state index is 6.36. The van der Waals surface area contributed by atoms with Crippen LogP contribution in [0.1, 0.15) is 36.3 Å². The smallest absolute Gasteiger partial charge is 0.0752 e. The largest absolute Gasteiger partial charge is 0.319 e. The van der Waals surface area contributed by atoms with E-state index in [1.165, 1.54) is 0 Å². The van der Waals surface area contributed by atoms with Gasteiger partial charge in [-0.05, 0) is 40.9 Å². The van der Waals surface area contributed by atoms with Gasteiger partial charge in [0.2, 0.25) is 0 Å². The van der Waals surface area contributed by atoms with Crippen molar-refractivity contribution in [3.8, 4) is 0 Å². The van der Waals surface area contributed by atoms with E-state index in [9.17, 15) is 0 Å². The summed E-state index contributed by atoms with van der Waals surface area (Å²) in [6.07, 6.45) is 4.61. The van der Waals surface area contributed by atoms with Crippen LogP contribution in [-0.4, -0.2) is 14.8 Å². The van der Waals surface area contributed by atoms with Crippen molar-refractivity contribution in [2.45, 2.75) is 32.9 Å². The Morgan fingerprint density at radius 3 is 2.94 bits per heavy atom. The molecule has 0 amide bonds. The molecular formula is C13H17BrN4. The Morgan fingerprint density at radius 1 is 1.50 bits per heavy atom. The van der Waals surface area contributed by atoms with Crippen molar-refractivity contribution in [3.05, 3.63) is 46.0 Å². The second-order valence-electron chi connectivity index (χ2n) is 4.26. The van der Waals surface area contributed by atoms with Gasteiger partial charge < -0.3 is 5.73 Å². The van der Waals surface area contributed by atoms with Gasteiger partial charge in [-0.2, -0.15) is 5.10 Å². The average molecular weight is 309 g/mol. The maximum atomic E-state index is 6.36. The van der Waals surface area contributed by atoms with Crippen LogP contribution >= 0.6 is 15.9 Å². The van der Waals surface area contributed by atoms with E-state index in [0.29, 0.717) is 0 Å². The summed E-state index contributed by atoms with van der Waals surface area (Å²) in [5.41, 5.74) is 9.37. The van der Waals surface area contributed by atoms with Gasteiger partial charge in [0, 0.05) is 18.4 Å². The molecule has 2 aromatic rings. The molecule has 0 aliphatic heterocycles. The van der Waals surface area contributed by atoms with Crippen molar-refractivity contribution < 1.29 is 0 Å². The van der Waals surface area contributed by atoms with E-state index in [1.54, 1.807) is 12.4 Å². The van der Waals surface area contributed by atoms with Crippen LogP contribution in [0.2, 0.25) is 0 Å². The predicted molar refractivity (Wildman–Crippen MR) is 75.2 cm³/mol. The Bertz CT molecular complexity index is 536. The number of aromatic nitrogens is 3. The molecule has 96 valence electrons. The minimum atomic E-state index is -0.206. The fourth-order valence-corrected chi connectivity index (χ4v) is 2.59. The number of halogens is 1. The average Bonchev–Trinajstić information content (AvgIpc) is 2.71. The van der Waals surface area contributed by atoms with Gasteiger partial charge in [0.05, 0.1) is 22.4 Å². The molecular weight excluding hydrogens is 292 g/mol. The standard InChI is InChI=1S/C13H17BrN4/c1-3-7-18-13(11(14)8-17-18)12(15)10-5-4-6-16-9(10)2/h4-6,8,12H,3,7,15H2,1-2H3. The summed E-state index contributed by atoms with van der Waals surface area (Å²) in [6, 6.07) is 3.72. The first kappa shape index (κ1) is 13.2. The summed E-state index contributed by atoms with van der Waals surface area (Å²) in [5, 5.41) is 4.35. The van der Waals surface area contributed by atoms with E-state index in [1.807, 2.05) is 23.7 Å². The maximum Gasteiger partial charge on any atom is 0.0752 e. The third-order valence-electron chi connectivity index (χ3n) is 2.95. The number of rotatable bonds is 4. The summed E-state index contributed by atoms with van der Waals surface area (Å²) < 4.78 is 2.91. The lowest BCUT2D eigenvalue weighted by Crippen LogP contribution is -2.19. The van der Waals surface area contributed by atoms with Gasteiger partial charge in [-0.1, -0.05) is 13.0 Å². The Labute approximate surface area is 115 Å². The van der Waals surface area contributed by atoms with Gasteiger partial charge in [0.25, 0.3) is 0 Å². The molecule has 4 nitrogen and oxygen atoms in total. The van der Waals surface area contributed by atoms with Crippen molar-refractivity contribution in [1.82, 2.24) is 14.8 Å². The highest BCUT2D eigenvalue weighted by Gasteiger charge is 2.19. The molecule has 1 unspecified atom stereocenters. The number of pyridine rings is 1. The van der Waals surface area contributed by atoms with Crippen LogP contribution in [0, 0.1) is 6.92 Å². The molecule has 2 N–H and O–H groups in total. The molecule has 0 fully saturated rings. The van der Waals surface area contributed by atoms with Gasteiger partial charge >= 0.3 is 0 Å². The summed E-state index contributed by atoms with van der Waals surface area (Å²) >= 11 is 3.53. The first-order chi connectivity index (χ1) is 8.65. The van der Waals surface area contributed by atoms with Crippen molar-refractivity contribution in [2.75, 3.05) is 0 Å². The number of nitrogens with two attached hydrogens (primary N) is 1. The molecule has 5 heteroatoms. The zero-order valence-electron chi connectivity index (χ0n) is 10.6. The van der Waals surface area contributed by atoms with E-state index in [-0.39, 0.29) is 6.04 Å². The van der Waals surface area contributed by atoms with E-state index >= 15 is 0 Å². The van der Waals surface area contributed by atoms with Gasteiger partial charge in [-0.15, -0.1) is 0 Å². The van der Waals surface area contributed by atoms with Gasteiger partial charge in [0.15, 0.2) is 0 Å². The Kier molecular flexibility index (Phi) is 4.14. The minimum absolute atomic E-state index is 0.206. The number of hydrogen-bond donors (Lipinski definition) is 1. The Balaban J connectivity index is 2.42. The second kappa shape index (κ2) is 5.63. The third-order valence-corrected chi connectivity index (χ3v) is 3.56. The van der Waals surface area contributed by atoms with Crippen molar-refractivity contribution in [3.63, 3.8) is 0 Å². The zero-order chi connectivity index (χ0) is 13.1. The molecule has 0 aromatic carbocycles. The first-order valence-corrected chi connectivity index (χ1v) is 6.82. The Morgan fingerprint density at radius 2 is 2.28 bits per heavy atom. The molecule has 0 aliphatic carbocycles. The van der Waals surface area contributed by atoms with Crippen LogP contribution in [-0.2, 0) is 6.54 Å². The van der Waals surface area contributed by atoms with E-state index in [4.69, 9.17) is 5.73 Å². The van der Waals surface area contributed by atoms with Crippen LogP contribution in [0.15, 0.2) is 29.0 Å². The number of hydrogen-bond acceptors (Lipinski definition) is 3. The highest BCUT2D eigenvalue weighted by atomic mass is 79.9. The van der Waals surface area contributed by atoms with Gasteiger partial charge in [-0.3, -0.25) is 9.67 Å².